The van der Waals surface area contributed by atoms with E-state index < -0.39 is 6.04 Å². The highest BCUT2D eigenvalue weighted by atomic mass is 16.2. The fourth-order valence-corrected chi connectivity index (χ4v) is 1.64. The van der Waals surface area contributed by atoms with Crippen molar-refractivity contribution in [3.05, 3.63) is 35.9 Å². The van der Waals surface area contributed by atoms with Gasteiger partial charge in [0.2, 0.25) is 11.8 Å². The highest BCUT2D eigenvalue weighted by molar-refractivity contribution is 5.87. The number of carbonyl (C=O) groups excluding carboxylic acids is 2. The van der Waals surface area contributed by atoms with E-state index >= 15 is 0 Å². The number of rotatable bonds is 7. The summed E-state index contributed by atoms with van der Waals surface area (Å²) in [5, 5.41) is 5.28. The molecule has 0 spiro atoms. The van der Waals surface area contributed by atoms with Crippen LogP contribution in [0, 0.1) is 5.92 Å². The lowest BCUT2D eigenvalue weighted by Gasteiger charge is -2.13. The molecule has 0 aliphatic rings. The van der Waals surface area contributed by atoms with Gasteiger partial charge in [-0.15, -0.1) is 0 Å². The second-order valence-corrected chi connectivity index (χ2v) is 5.21. The van der Waals surface area contributed by atoms with Crippen molar-refractivity contribution < 1.29 is 9.59 Å². The first-order valence-corrected chi connectivity index (χ1v) is 6.83. The molecule has 1 aromatic carbocycles. The van der Waals surface area contributed by atoms with Gasteiger partial charge in [0.15, 0.2) is 0 Å². The van der Waals surface area contributed by atoms with E-state index in [1.54, 1.807) is 0 Å². The molecule has 5 heteroatoms. The van der Waals surface area contributed by atoms with Crippen molar-refractivity contribution in [1.29, 1.82) is 0 Å². The number of benzene rings is 1. The molecule has 2 amide bonds. The van der Waals surface area contributed by atoms with Gasteiger partial charge < -0.3 is 16.4 Å². The average molecular weight is 277 g/mol. The number of hydrogen-bond donors (Lipinski definition) is 3. The van der Waals surface area contributed by atoms with E-state index in [2.05, 4.69) is 10.6 Å². The SMILES string of the molecule is CC(C)CNC(=O)CNC(=O)[C@H](N)Cc1ccccc1. The summed E-state index contributed by atoms with van der Waals surface area (Å²) in [4.78, 5) is 23.2. The third-order valence-electron chi connectivity index (χ3n) is 2.77. The van der Waals surface area contributed by atoms with Crippen LogP contribution in [0.15, 0.2) is 30.3 Å². The molecule has 0 heterocycles. The Morgan fingerprint density at radius 3 is 2.40 bits per heavy atom. The molecule has 0 fully saturated rings. The van der Waals surface area contributed by atoms with Crippen molar-refractivity contribution in [1.82, 2.24) is 10.6 Å². The molecule has 1 rings (SSSR count). The Bertz CT molecular complexity index is 432. The summed E-state index contributed by atoms with van der Waals surface area (Å²) >= 11 is 0. The quantitative estimate of drug-likeness (QED) is 0.676. The van der Waals surface area contributed by atoms with Crippen LogP contribution in [0.25, 0.3) is 0 Å². The van der Waals surface area contributed by atoms with E-state index in [9.17, 15) is 9.59 Å². The van der Waals surface area contributed by atoms with E-state index in [0.29, 0.717) is 18.9 Å². The average Bonchev–Trinajstić information content (AvgIpc) is 2.43. The summed E-state index contributed by atoms with van der Waals surface area (Å²) < 4.78 is 0. The Labute approximate surface area is 119 Å². The predicted octanol–water partition coefficient (Wildman–Crippen LogP) is 0.445. The van der Waals surface area contributed by atoms with Crippen LogP contribution in [0.4, 0.5) is 0 Å². The fourth-order valence-electron chi connectivity index (χ4n) is 1.64. The standard InChI is InChI=1S/C15H23N3O2/c1-11(2)9-17-14(19)10-18-15(20)13(16)8-12-6-4-3-5-7-12/h3-7,11,13H,8-10,16H2,1-2H3,(H,17,19)(H,18,20)/t13-/m1/s1. The van der Waals surface area contributed by atoms with Gasteiger partial charge in [0.25, 0.3) is 0 Å². The number of hydrogen-bond acceptors (Lipinski definition) is 3. The molecular weight excluding hydrogens is 254 g/mol. The van der Waals surface area contributed by atoms with Gasteiger partial charge in [0.1, 0.15) is 0 Å². The molecule has 1 aromatic rings. The van der Waals surface area contributed by atoms with Gasteiger partial charge in [-0.2, -0.15) is 0 Å². The van der Waals surface area contributed by atoms with Crippen molar-refractivity contribution in [3.63, 3.8) is 0 Å². The number of nitrogens with one attached hydrogen (secondary N) is 2. The van der Waals surface area contributed by atoms with E-state index in [1.165, 1.54) is 0 Å². The minimum atomic E-state index is -0.643. The van der Waals surface area contributed by atoms with Gasteiger partial charge in [0, 0.05) is 6.54 Å². The first-order chi connectivity index (χ1) is 9.49. The Kier molecular flexibility index (Phi) is 6.73. The zero-order chi connectivity index (χ0) is 15.0. The zero-order valence-electron chi connectivity index (χ0n) is 12.1. The zero-order valence-corrected chi connectivity index (χ0v) is 12.1. The van der Waals surface area contributed by atoms with Gasteiger partial charge in [-0.05, 0) is 17.9 Å². The van der Waals surface area contributed by atoms with Crippen molar-refractivity contribution in [2.45, 2.75) is 26.3 Å². The molecule has 5 nitrogen and oxygen atoms in total. The van der Waals surface area contributed by atoms with Crippen molar-refractivity contribution in [2.75, 3.05) is 13.1 Å². The van der Waals surface area contributed by atoms with Crippen LogP contribution < -0.4 is 16.4 Å². The summed E-state index contributed by atoms with van der Waals surface area (Å²) in [6, 6.07) is 8.91. The molecule has 0 aromatic heterocycles. The molecule has 0 aliphatic carbocycles. The number of amides is 2. The lowest BCUT2D eigenvalue weighted by atomic mass is 10.1. The highest BCUT2D eigenvalue weighted by Crippen LogP contribution is 2.01. The normalized spacial score (nSPS) is 12.0. The van der Waals surface area contributed by atoms with E-state index in [0.717, 1.165) is 5.56 Å². The van der Waals surface area contributed by atoms with Crippen LogP contribution in [0.2, 0.25) is 0 Å². The second-order valence-electron chi connectivity index (χ2n) is 5.21. The molecule has 0 bridgehead atoms. The van der Waals surface area contributed by atoms with Gasteiger partial charge in [-0.25, -0.2) is 0 Å². The summed E-state index contributed by atoms with van der Waals surface area (Å²) in [7, 11) is 0. The molecule has 0 saturated carbocycles. The van der Waals surface area contributed by atoms with E-state index in [4.69, 9.17) is 5.73 Å². The topological polar surface area (TPSA) is 84.2 Å². The van der Waals surface area contributed by atoms with Crippen LogP contribution >= 0.6 is 0 Å². The lowest BCUT2D eigenvalue weighted by molar-refractivity contribution is -0.126. The minimum absolute atomic E-state index is 0.0337. The summed E-state index contributed by atoms with van der Waals surface area (Å²) in [5.74, 6) is -0.123. The third kappa shape index (κ3) is 6.33. The summed E-state index contributed by atoms with van der Waals surface area (Å²) in [5.41, 5.74) is 6.81. The molecule has 0 saturated heterocycles. The van der Waals surface area contributed by atoms with Gasteiger partial charge in [0.05, 0.1) is 12.6 Å². The maximum Gasteiger partial charge on any atom is 0.239 e. The molecule has 4 N–H and O–H groups in total. The molecule has 20 heavy (non-hydrogen) atoms. The fraction of sp³-hybridized carbons (Fsp3) is 0.467. The van der Waals surface area contributed by atoms with E-state index in [1.807, 2.05) is 44.2 Å². The largest absolute Gasteiger partial charge is 0.354 e. The molecule has 0 radical (unpaired) electrons. The summed E-state index contributed by atoms with van der Waals surface area (Å²) in [6.45, 7) is 4.59. The van der Waals surface area contributed by atoms with Crippen LogP contribution in [-0.2, 0) is 16.0 Å². The molecule has 110 valence electrons. The third-order valence-corrected chi connectivity index (χ3v) is 2.77. The number of nitrogens with two attached hydrogens (primary N) is 1. The molecule has 1 atom stereocenters. The van der Waals surface area contributed by atoms with Crippen LogP contribution in [0.5, 0.6) is 0 Å². The summed E-state index contributed by atoms with van der Waals surface area (Å²) in [6.07, 6.45) is 0.459. The smallest absolute Gasteiger partial charge is 0.239 e. The lowest BCUT2D eigenvalue weighted by Crippen LogP contribution is -2.46. The Balaban J connectivity index is 2.30. The van der Waals surface area contributed by atoms with Crippen LogP contribution in [0.3, 0.4) is 0 Å². The van der Waals surface area contributed by atoms with Gasteiger partial charge in [-0.1, -0.05) is 44.2 Å². The number of carbonyl (C=O) groups is 2. The van der Waals surface area contributed by atoms with Gasteiger partial charge >= 0.3 is 0 Å². The molecule has 0 unspecified atom stereocenters. The highest BCUT2D eigenvalue weighted by Gasteiger charge is 2.14. The van der Waals surface area contributed by atoms with Crippen LogP contribution in [-0.4, -0.2) is 30.9 Å². The first kappa shape index (κ1) is 16.2. The molecule has 0 aliphatic heterocycles. The van der Waals surface area contributed by atoms with Crippen molar-refractivity contribution in [3.8, 4) is 0 Å². The van der Waals surface area contributed by atoms with Gasteiger partial charge in [-0.3, -0.25) is 9.59 Å². The predicted molar refractivity (Wildman–Crippen MR) is 79.0 cm³/mol. The Morgan fingerprint density at radius 1 is 1.15 bits per heavy atom. The monoisotopic (exact) mass is 277 g/mol. The van der Waals surface area contributed by atoms with E-state index in [-0.39, 0.29) is 18.4 Å². The maximum atomic E-state index is 11.8. The van der Waals surface area contributed by atoms with Crippen molar-refractivity contribution in [2.24, 2.45) is 11.7 Å². The maximum absolute atomic E-state index is 11.8. The van der Waals surface area contributed by atoms with Crippen LogP contribution in [0.1, 0.15) is 19.4 Å². The molecular formula is C15H23N3O2. The second kappa shape index (κ2) is 8.32. The Hall–Kier alpha value is -1.88. The van der Waals surface area contributed by atoms with Crippen molar-refractivity contribution >= 4 is 11.8 Å². The first-order valence-electron chi connectivity index (χ1n) is 6.83. The Morgan fingerprint density at radius 2 is 1.80 bits per heavy atom. The minimum Gasteiger partial charge on any atom is -0.354 e.